The molecule has 0 unspecified atom stereocenters. The summed E-state index contributed by atoms with van der Waals surface area (Å²) in [6.45, 7) is 8.75. The predicted octanol–water partition coefficient (Wildman–Crippen LogP) is 3.76. The van der Waals surface area contributed by atoms with E-state index in [4.69, 9.17) is 14.7 Å². The van der Waals surface area contributed by atoms with Crippen molar-refractivity contribution in [3.05, 3.63) is 23.1 Å². The summed E-state index contributed by atoms with van der Waals surface area (Å²) in [4.78, 5) is 17.6. The minimum Gasteiger partial charge on any atom is -0.370 e. The van der Waals surface area contributed by atoms with Crippen LogP contribution in [0.25, 0.3) is 20.4 Å². The number of hydrogen-bond acceptors (Lipinski definition) is 7. The molecule has 0 atom stereocenters. The lowest BCUT2D eigenvalue weighted by Crippen LogP contribution is -2.32. The van der Waals surface area contributed by atoms with Gasteiger partial charge in [-0.15, -0.1) is 11.3 Å². The Morgan fingerprint density at radius 3 is 2.85 bits per heavy atom. The maximum absolute atomic E-state index is 5.98. The Morgan fingerprint density at radius 1 is 1.26 bits per heavy atom. The first-order valence-corrected chi connectivity index (χ1v) is 10.3. The van der Waals surface area contributed by atoms with Crippen molar-refractivity contribution in [3.63, 3.8) is 0 Å². The first-order chi connectivity index (χ1) is 12.8. The highest BCUT2D eigenvalue weighted by Gasteiger charge is 2.28. The molecule has 0 amide bonds. The number of fused-ring (bicyclic) bond motifs is 4. The smallest absolute Gasteiger partial charge is 0.147 e. The number of pyridine rings is 1. The van der Waals surface area contributed by atoms with Crippen molar-refractivity contribution < 1.29 is 4.74 Å². The van der Waals surface area contributed by atoms with Crippen LogP contribution < -0.4 is 5.32 Å². The highest BCUT2D eigenvalue weighted by molar-refractivity contribution is 7.25. The average molecular weight is 386 g/mol. The fraction of sp³-hybridized carbons (Fsp3) is 0.550. The molecule has 6 nitrogen and oxygen atoms in total. The highest BCUT2D eigenvalue weighted by atomic mass is 32.1. The van der Waals surface area contributed by atoms with Crippen LogP contribution in [0.1, 0.15) is 37.4 Å². The number of nitrogens with zero attached hydrogens (tertiary/aromatic N) is 4. The third kappa shape index (κ3) is 3.77. The van der Waals surface area contributed by atoms with E-state index in [1.165, 1.54) is 5.56 Å². The van der Waals surface area contributed by atoms with E-state index in [1.54, 1.807) is 11.3 Å². The zero-order valence-corrected chi connectivity index (χ0v) is 17.5. The average Bonchev–Trinajstić information content (AvgIpc) is 2.93. The van der Waals surface area contributed by atoms with Crippen LogP contribution in [0.3, 0.4) is 0 Å². The number of aromatic nitrogens is 3. The van der Waals surface area contributed by atoms with Crippen molar-refractivity contribution in [1.82, 2.24) is 19.9 Å². The van der Waals surface area contributed by atoms with Gasteiger partial charge in [0.05, 0.1) is 28.1 Å². The van der Waals surface area contributed by atoms with Crippen LogP contribution in [0.5, 0.6) is 0 Å². The van der Waals surface area contributed by atoms with E-state index in [-0.39, 0.29) is 5.60 Å². The molecule has 1 aliphatic heterocycles. The fourth-order valence-corrected chi connectivity index (χ4v) is 4.57. The molecule has 144 valence electrons. The second-order valence-electron chi connectivity index (χ2n) is 8.15. The van der Waals surface area contributed by atoms with Crippen molar-refractivity contribution in [2.24, 2.45) is 0 Å². The van der Waals surface area contributed by atoms with Gasteiger partial charge in [-0.2, -0.15) is 0 Å². The summed E-state index contributed by atoms with van der Waals surface area (Å²) in [6.07, 6.45) is 1.91. The lowest BCUT2D eigenvalue weighted by atomic mass is 9.95. The number of nitrogens with one attached hydrogen (secondary N) is 1. The summed E-state index contributed by atoms with van der Waals surface area (Å²) < 4.78 is 7.07. The molecule has 4 heterocycles. The molecule has 0 radical (unpaired) electrons. The SMILES string of the molecule is Cc1nc(NCCCN(C)C)c2sc3nc4c(cc3c2n1)COC(C)(C)C4. The minimum absolute atomic E-state index is 0.153. The Morgan fingerprint density at radius 2 is 2.07 bits per heavy atom. The topological polar surface area (TPSA) is 63.2 Å². The Labute approximate surface area is 164 Å². The van der Waals surface area contributed by atoms with Crippen molar-refractivity contribution in [2.45, 2.75) is 45.8 Å². The second kappa shape index (κ2) is 6.96. The van der Waals surface area contributed by atoms with E-state index >= 15 is 0 Å². The summed E-state index contributed by atoms with van der Waals surface area (Å²) in [5.74, 6) is 1.71. The maximum atomic E-state index is 5.98. The van der Waals surface area contributed by atoms with E-state index in [2.05, 4.69) is 49.2 Å². The summed E-state index contributed by atoms with van der Waals surface area (Å²) in [6, 6.07) is 2.22. The Hall–Kier alpha value is -1.83. The molecule has 0 fully saturated rings. The molecule has 0 saturated heterocycles. The Balaban J connectivity index is 1.73. The zero-order valence-electron chi connectivity index (χ0n) is 16.7. The molecule has 0 aliphatic carbocycles. The monoisotopic (exact) mass is 385 g/mol. The molecule has 3 aromatic rings. The molecular formula is C20H27N5OS. The van der Waals surface area contributed by atoms with Crippen molar-refractivity contribution in [1.29, 1.82) is 0 Å². The number of ether oxygens (including phenoxy) is 1. The molecule has 0 aromatic carbocycles. The largest absolute Gasteiger partial charge is 0.370 e. The molecule has 3 aromatic heterocycles. The molecular weight excluding hydrogens is 358 g/mol. The van der Waals surface area contributed by atoms with E-state index in [0.29, 0.717) is 6.61 Å². The van der Waals surface area contributed by atoms with Crippen molar-refractivity contribution >= 4 is 37.6 Å². The van der Waals surface area contributed by atoms with E-state index in [1.807, 2.05) is 6.92 Å². The predicted molar refractivity (Wildman–Crippen MR) is 112 cm³/mol. The van der Waals surface area contributed by atoms with Gasteiger partial charge in [-0.25, -0.2) is 15.0 Å². The summed E-state index contributed by atoms with van der Waals surface area (Å²) in [5.41, 5.74) is 3.17. The first-order valence-electron chi connectivity index (χ1n) is 9.44. The van der Waals surface area contributed by atoms with Gasteiger partial charge >= 0.3 is 0 Å². The normalized spacial score (nSPS) is 16.2. The zero-order chi connectivity index (χ0) is 19.2. The molecule has 7 heteroatoms. The van der Waals surface area contributed by atoms with Gasteiger partial charge in [0.25, 0.3) is 0 Å². The lowest BCUT2D eigenvalue weighted by Gasteiger charge is -2.30. The van der Waals surface area contributed by atoms with Gasteiger partial charge in [0.1, 0.15) is 16.5 Å². The number of rotatable bonds is 5. The van der Waals surface area contributed by atoms with Gasteiger partial charge in [-0.3, -0.25) is 0 Å². The highest BCUT2D eigenvalue weighted by Crippen LogP contribution is 2.38. The van der Waals surface area contributed by atoms with Gasteiger partial charge in [0.2, 0.25) is 0 Å². The van der Waals surface area contributed by atoms with Crippen molar-refractivity contribution in [3.8, 4) is 0 Å². The fourth-order valence-electron chi connectivity index (χ4n) is 3.49. The molecule has 0 spiro atoms. The minimum atomic E-state index is -0.153. The van der Waals surface area contributed by atoms with Gasteiger partial charge in [0.15, 0.2) is 0 Å². The molecule has 4 rings (SSSR count). The van der Waals surface area contributed by atoms with E-state index in [9.17, 15) is 0 Å². The number of thiophene rings is 1. The van der Waals surface area contributed by atoms with E-state index in [0.717, 1.165) is 63.7 Å². The van der Waals surface area contributed by atoms with Gasteiger partial charge in [-0.05, 0) is 53.9 Å². The van der Waals surface area contributed by atoms with E-state index < -0.39 is 0 Å². The molecule has 1 aliphatic rings. The summed E-state index contributed by atoms with van der Waals surface area (Å²) in [5, 5.41) is 4.62. The van der Waals surface area contributed by atoms with Gasteiger partial charge < -0.3 is 15.0 Å². The second-order valence-corrected chi connectivity index (χ2v) is 9.15. The lowest BCUT2D eigenvalue weighted by molar-refractivity contribution is -0.0411. The molecule has 1 N–H and O–H groups in total. The number of aryl methyl sites for hydroxylation is 1. The van der Waals surface area contributed by atoms with Gasteiger partial charge in [-0.1, -0.05) is 0 Å². The molecule has 0 bridgehead atoms. The summed E-state index contributed by atoms with van der Waals surface area (Å²) >= 11 is 1.68. The Bertz CT molecular complexity index is 995. The van der Waals surface area contributed by atoms with Crippen LogP contribution in [0, 0.1) is 6.92 Å². The third-order valence-electron chi connectivity index (χ3n) is 4.87. The van der Waals surface area contributed by atoms with Gasteiger partial charge in [0, 0.05) is 23.9 Å². The van der Waals surface area contributed by atoms with Crippen LogP contribution in [0.2, 0.25) is 0 Å². The molecule has 0 saturated carbocycles. The maximum Gasteiger partial charge on any atom is 0.147 e. The Kier molecular flexibility index (Phi) is 4.78. The standard InChI is InChI=1S/C20H27N5OS/c1-12-22-16-14-9-13-11-26-20(2,3)10-15(13)24-19(14)27-17(16)18(23-12)21-7-6-8-25(4)5/h9H,6-8,10-11H2,1-5H3,(H,21,22,23). The van der Waals surface area contributed by atoms with Crippen LogP contribution in [0.15, 0.2) is 6.07 Å². The van der Waals surface area contributed by atoms with Crippen molar-refractivity contribution in [2.75, 3.05) is 32.5 Å². The van der Waals surface area contributed by atoms with Crippen LogP contribution >= 0.6 is 11.3 Å². The third-order valence-corrected chi connectivity index (χ3v) is 5.97. The van der Waals surface area contributed by atoms with Crippen LogP contribution in [-0.2, 0) is 17.8 Å². The first kappa shape index (κ1) is 18.5. The molecule has 27 heavy (non-hydrogen) atoms. The van der Waals surface area contributed by atoms with Crippen LogP contribution in [0.4, 0.5) is 5.82 Å². The summed E-state index contributed by atoms with van der Waals surface area (Å²) in [7, 11) is 4.19. The number of hydrogen-bond donors (Lipinski definition) is 1. The van der Waals surface area contributed by atoms with Crippen LogP contribution in [-0.4, -0.2) is 52.6 Å². The quantitative estimate of drug-likeness (QED) is 0.675. The number of anilines is 1.